The minimum atomic E-state index is -0.477. The second-order valence-corrected chi connectivity index (χ2v) is 7.46. The third-order valence-electron chi connectivity index (χ3n) is 4.22. The minimum Gasteiger partial charge on any atom is -0.383 e. The summed E-state index contributed by atoms with van der Waals surface area (Å²) in [6, 6.07) is 19.2. The van der Waals surface area contributed by atoms with E-state index in [4.69, 9.17) is 4.74 Å². The Hall–Kier alpha value is -2.64. The summed E-state index contributed by atoms with van der Waals surface area (Å²) in [7, 11) is 1.59. The number of hydrogen-bond donors (Lipinski definition) is 1. The molecule has 3 rings (SSSR count). The molecule has 2 amide bonds. The number of hydrogen-bond acceptors (Lipinski definition) is 5. The van der Waals surface area contributed by atoms with Crippen LogP contribution in [0.2, 0.25) is 0 Å². The third-order valence-corrected chi connectivity index (χ3v) is 5.40. The van der Waals surface area contributed by atoms with E-state index in [1.807, 2.05) is 60.7 Å². The van der Waals surface area contributed by atoms with E-state index in [2.05, 4.69) is 10.3 Å². The number of carbonyl (C=O) groups excluding carboxylic acids is 2. The summed E-state index contributed by atoms with van der Waals surface area (Å²) in [4.78, 5) is 31.4. The molecule has 28 heavy (non-hydrogen) atoms. The quantitative estimate of drug-likeness (QED) is 0.743. The van der Waals surface area contributed by atoms with E-state index in [-0.39, 0.29) is 18.2 Å². The van der Waals surface area contributed by atoms with Crippen molar-refractivity contribution in [2.24, 2.45) is 4.99 Å². The van der Waals surface area contributed by atoms with Gasteiger partial charge in [-0.05, 0) is 17.7 Å². The van der Waals surface area contributed by atoms with Gasteiger partial charge in [-0.25, -0.2) is 4.99 Å². The number of methoxy groups -OCH3 is 1. The lowest BCUT2D eigenvalue weighted by atomic mass is 10.2. The second-order valence-electron chi connectivity index (χ2n) is 6.29. The van der Waals surface area contributed by atoms with E-state index < -0.39 is 5.25 Å². The van der Waals surface area contributed by atoms with Gasteiger partial charge in [0.05, 0.1) is 18.8 Å². The Morgan fingerprint density at radius 1 is 1.14 bits per heavy atom. The van der Waals surface area contributed by atoms with E-state index in [1.165, 1.54) is 11.8 Å². The SMILES string of the molecule is COCCN1C(=O)C(CC(=O)NCc2ccccc2)SC1=Nc1ccccc1. The van der Waals surface area contributed by atoms with Gasteiger partial charge in [-0.15, -0.1) is 0 Å². The summed E-state index contributed by atoms with van der Waals surface area (Å²) in [5.41, 5.74) is 1.80. The maximum absolute atomic E-state index is 12.8. The zero-order valence-electron chi connectivity index (χ0n) is 15.7. The third kappa shape index (κ3) is 5.43. The predicted octanol–water partition coefficient (Wildman–Crippen LogP) is 2.97. The molecule has 7 heteroatoms. The van der Waals surface area contributed by atoms with E-state index >= 15 is 0 Å². The van der Waals surface area contributed by atoms with E-state index in [1.54, 1.807) is 12.0 Å². The lowest BCUT2D eigenvalue weighted by Crippen LogP contribution is -2.36. The maximum atomic E-state index is 12.8. The van der Waals surface area contributed by atoms with Gasteiger partial charge >= 0.3 is 0 Å². The van der Waals surface area contributed by atoms with Crippen molar-refractivity contribution in [3.63, 3.8) is 0 Å². The van der Waals surface area contributed by atoms with E-state index in [0.717, 1.165) is 11.3 Å². The molecule has 1 aliphatic heterocycles. The molecule has 2 aromatic carbocycles. The van der Waals surface area contributed by atoms with Gasteiger partial charge in [0, 0.05) is 20.1 Å². The lowest BCUT2D eigenvalue weighted by molar-refractivity contribution is -0.129. The molecular formula is C21H23N3O3S. The molecule has 146 valence electrons. The Labute approximate surface area is 169 Å². The molecule has 1 fully saturated rings. The van der Waals surface area contributed by atoms with Crippen LogP contribution in [0.5, 0.6) is 0 Å². The van der Waals surface area contributed by atoms with Crippen LogP contribution in [0, 0.1) is 0 Å². The van der Waals surface area contributed by atoms with Crippen molar-refractivity contribution in [1.29, 1.82) is 0 Å². The van der Waals surface area contributed by atoms with Crippen molar-refractivity contribution in [1.82, 2.24) is 10.2 Å². The Bertz CT molecular complexity index is 827. The number of ether oxygens (including phenoxy) is 1. The summed E-state index contributed by atoms with van der Waals surface area (Å²) in [6.07, 6.45) is 0.119. The topological polar surface area (TPSA) is 71.0 Å². The van der Waals surface area contributed by atoms with Crippen molar-refractivity contribution in [2.45, 2.75) is 18.2 Å². The van der Waals surface area contributed by atoms with Crippen molar-refractivity contribution in [3.05, 3.63) is 66.2 Å². The van der Waals surface area contributed by atoms with Crippen LogP contribution in [0.3, 0.4) is 0 Å². The number of nitrogens with zero attached hydrogens (tertiary/aromatic N) is 2. The molecule has 0 aliphatic carbocycles. The summed E-state index contributed by atoms with van der Waals surface area (Å²) < 4.78 is 5.12. The molecule has 0 saturated carbocycles. The molecule has 1 saturated heterocycles. The summed E-state index contributed by atoms with van der Waals surface area (Å²) in [5, 5.41) is 3.01. The van der Waals surface area contributed by atoms with Gasteiger partial charge in [0.1, 0.15) is 5.25 Å². The normalized spacial score (nSPS) is 17.9. The monoisotopic (exact) mass is 397 g/mol. The fraction of sp³-hybridized carbons (Fsp3) is 0.286. The molecule has 0 aromatic heterocycles. The first-order valence-corrected chi connectivity index (χ1v) is 9.96. The number of para-hydroxylation sites is 1. The average Bonchev–Trinajstić information content (AvgIpc) is 3.00. The second kappa shape index (κ2) is 10.1. The first-order chi connectivity index (χ1) is 13.7. The number of aliphatic imine (C=N–C) groups is 1. The van der Waals surface area contributed by atoms with Gasteiger partial charge in [0.25, 0.3) is 0 Å². The zero-order valence-corrected chi connectivity index (χ0v) is 16.5. The van der Waals surface area contributed by atoms with Crippen molar-refractivity contribution in [2.75, 3.05) is 20.3 Å². The number of amides is 2. The number of thioether (sulfide) groups is 1. The van der Waals surface area contributed by atoms with Crippen LogP contribution in [-0.4, -0.2) is 47.4 Å². The number of rotatable bonds is 8. The number of benzene rings is 2. The highest BCUT2D eigenvalue weighted by Gasteiger charge is 2.38. The molecular weight excluding hydrogens is 374 g/mol. The van der Waals surface area contributed by atoms with Crippen molar-refractivity contribution >= 4 is 34.4 Å². The number of carbonyl (C=O) groups is 2. The number of nitrogens with one attached hydrogen (secondary N) is 1. The van der Waals surface area contributed by atoms with Crippen LogP contribution < -0.4 is 5.32 Å². The molecule has 1 unspecified atom stereocenters. The highest BCUT2D eigenvalue weighted by Crippen LogP contribution is 2.31. The molecule has 1 atom stereocenters. The molecule has 6 nitrogen and oxygen atoms in total. The van der Waals surface area contributed by atoms with Gasteiger partial charge in [-0.2, -0.15) is 0 Å². The molecule has 0 radical (unpaired) electrons. The van der Waals surface area contributed by atoms with Gasteiger partial charge in [0.2, 0.25) is 11.8 Å². The van der Waals surface area contributed by atoms with Crippen molar-refractivity contribution in [3.8, 4) is 0 Å². The van der Waals surface area contributed by atoms with Crippen LogP contribution in [-0.2, 0) is 20.9 Å². The maximum Gasteiger partial charge on any atom is 0.242 e. The van der Waals surface area contributed by atoms with Crippen molar-refractivity contribution < 1.29 is 14.3 Å². The largest absolute Gasteiger partial charge is 0.383 e. The zero-order chi connectivity index (χ0) is 19.8. The van der Waals surface area contributed by atoms with Crippen LogP contribution in [0.4, 0.5) is 5.69 Å². The average molecular weight is 398 g/mol. The van der Waals surface area contributed by atoms with Crippen LogP contribution in [0.25, 0.3) is 0 Å². The summed E-state index contributed by atoms with van der Waals surface area (Å²) in [5.74, 6) is -0.256. The predicted molar refractivity (Wildman–Crippen MR) is 111 cm³/mol. The summed E-state index contributed by atoms with van der Waals surface area (Å²) >= 11 is 1.33. The highest BCUT2D eigenvalue weighted by molar-refractivity contribution is 8.15. The molecule has 1 heterocycles. The molecule has 0 spiro atoms. The van der Waals surface area contributed by atoms with Gasteiger partial charge in [0.15, 0.2) is 5.17 Å². The summed E-state index contributed by atoms with van der Waals surface area (Å²) in [6.45, 7) is 1.27. The standard InChI is InChI=1S/C21H23N3O3S/c1-27-13-12-24-20(26)18(28-21(24)23-17-10-6-3-7-11-17)14-19(25)22-15-16-8-4-2-5-9-16/h2-11,18H,12-15H2,1H3,(H,22,25). The molecule has 1 aliphatic rings. The smallest absolute Gasteiger partial charge is 0.242 e. The Morgan fingerprint density at radius 2 is 1.82 bits per heavy atom. The fourth-order valence-corrected chi connectivity index (χ4v) is 3.95. The molecule has 0 bridgehead atoms. The minimum absolute atomic E-state index is 0.105. The van der Waals surface area contributed by atoms with Gasteiger partial charge in [-0.1, -0.05) is 60.3 Å². The Morgan fingerprint density at radius 3 is 2.50 bits per heavy atom. The van der Waals surface area contributed by atoms with Crippen LogP contribution in [0.1, 0.15) is 12.0 Å². The Kier molecular flexibility index (Phi) is 7.22. The molecule has 2 aromatic rings. The molecule has 1 N–H and O–H groups in total. The van der Waals surface area contributed by atoms with Gasteiger partial charge < -0.3 is 10.1 Å². The highest BCUT2D eigenvalue weighted by atomic mass is 32.2. The fourth-order valence-electron chi connectivity index (χ4n) is 2.76. The van der Waals surface area contributed by atoms with E-state index in [0.29, 0.717) is 24.9 Å². The first-order valence-electron chi connectivity index (χ1n) is 9.08. The first kappa shape index (κ1) is 20.1. The van der Waals surface area contributed by atoms with Gasteiger partial charge in [-0.3, -0.25) is 14.5 Å². The Balaban J connectivity index is 1.65. The van der Waals surface area contributed by atoms with Crippen LogP contribution in [0.15, 0.2) is 65.7 Å². The van der Waals surface area contributed by atoms with E-state index in [9.17, 15) is 9.59 Å². The lowest BCUT2D eigenvalue weighted by Gasteiger charge is -2.15. The number of amidine groups is 1. The van der Waals surface area contributed by atoms with Crippen LogP contribution >= 0.6 is 11.8 Å².